The number of para-hydroxylation sites is 1. The molecule has 154 valence electrons. The highest BCUT2D eigenvalue weighted by Crippen LogP contribution is 2.22. The first-order valence-corrected chi connectivity index (χ1v) is 11.0. The number of carbonyl (C=O) groups is 1. The lowest BCUT2D eigenvalue weighted by molar-refractivity contribution is 0.0956. The Morgan fingerprint density at radius 3 is 2.27 bits per heavy atom. The van der Waals surface area contributed by atoms with E-state index in [1.165, 1.54) is 42.6 Å². The fraction of sp³-hybridized carbons (Fsp3) is 0. The molecule has 0 aliphatic carbocycles. The number of amides is 1. The molecule has 0 radical (unpaired) electrons. The van der Waals surface area contributed by atoms with Crippen molar-refractivity contribution in [1.82, 2.24) is 5.43 Å². The molecule has 0 bridgehead atoms. The van der Waals surface area contributed by atoms with Gasteiger partial charge in [0.2, 0.25) is 0 Å². The molecule has 0 fully saturated rings. The molecule has 1 amide bonds. The van der Waals surface area contributed by atoms with Gasteiger partial charge in [0.25, 0.3) is 15.9 Å². The fourth-order valence-electron chi connectivity index (χ4n) is 2.41. The second kappa shape index (κ2) is 9.49. The van der Waals surface area contributed by atoms with Crippen molar-refractivity contribution in [2.75, 3.05) is 4.72 Å². The van der Waals surface area contributed by atoms with Crippen LogP contribution >= 0.6 is 34.8 Å². The van der Waals surface area contributed by atoms with Crippen molar-refractivity contribution < 1.29 is 13.2 Å². The minimum atomic E-state index is -3.92. The number of anilines is 1. The van der Waals surface area contributed by atoms with Crippen molar-refractivity contribution in [2.24, 2.45) is 5.10 Å². The Bertz CT molecular complexity index is 1210. The summed E-state index contributed by atoms with van der Waals surface area (Å²) in [5, 5.41) is 5.13. The van der Waals surface area contributed by atoms with E-state index in [-0.39, 0.29) is 16.1 Å². The van der Waals surface area contributed by atoms with Crippen molar-refractivity contribution in [3.8, 4) is 0 Å². The van der Waals surface area contributed by atoms with E-state index in [2.05, 4.69) is 15.2 Å². The van der Waals surface area contributed by atoms with Gasteiger partial charge in [-0.15, -0.1) is 0 Å². The highest BCUT2D eigenvalue weighted by molar-refractivity contribution is 7.92. The maximum atomic E-state index is 12.6. The summed E-state index contributed by atoms with van der Waals surface area (Å²) in [6.07, 6.45) is 1.36. The summed E-state index contributed by atoms with van der Waals surface area (Å²) in [5.74, 6) is -0.606. The molecule has 3 aromatic carbocycles. The van der Waals surface area contributed by atoms with E-state index in [1.807, 2.05) is 0 Å². The van der Waals surface area contributed by atoms with Crippen LogP contribution < -0.4 is 10.1 Å². The Balaban J connectivity index is 1.78. The van der Waals surface area contributed by atoms with Gasteiger partial charge in [-0.3, -0.25) is 9.52 Å². The van der Waals surface area contributed by atoms with Crippen LogP contribution in [0.15, 0.2) is 76.7 Å². The maximum absolute atomic E-state index is 12.6. The molecule has 0 aromatic heterocycles. The molecule has 6 nitrogen and oxygen atoms in total. The van der Waals surface area contributed by atoms with Crippen LogP contribution in [0, 0.1) is 0 Å². The van der Waals surface area contributed by atoms with Gasteiger partial charge in [0.05, 0.1) is 27.4 Å². The van der Waals surface area contributed by atoms with E-state index in [1.54, 1.807) is 30.3 Å². The quantitative estimate of drug-likeness (QED) is 0.373. The first kappa shape index (κ1) is 22.1. The molecule has 2 N–H and O–H groups in total. The second-order valence-corrected chi connectivity index (χ2v) is 8.93. The van der Waals surface area contributed by atoms with E-state index >= 15 is 0 Å². The molecule has 0 aliphatic rings. The molecule has 0 aliphatic heterocycles. The van der Waals surface area contributed by atoms with Crippen LogP contribution in [-0.4, -0.2) is 20.5 Å². The average molecular weight is 483 g/mol. The van der Waals surface area contributed by atoms with E-state index in [4.69, 9.17) is 34.8 Å². The average Bonchev–Trinajstić information content (AvgIpc) is 2.70. The number of benzene rings is 3. The zero-order valence-electron chi connectivity index (χ0n) is 15.1. The van der Waals surface area contributed by atoms with Gasteiger partial charge < -0.3 is 0 Å². The van der Waals surface area contributed by atoms with E-state index < -0.39 is 15.9 Å². The lowest BCUT2D eigenvalue weighted by Crippen LogP contribution is -2.21. The van der Waals surface area contributed by atoms with Crippen molar-refractivity contribution >= 4 is 62.6 Å². The summed E-state index contributed by atoms with van der Waals surface area (Å²) in [5.41, 5.74) is 3.10. The predicted octanol–water partition coefficient (Wildman–Crippen LogP) is 5.21. The molecule has 10 heteroatoms. The van der Waals surface area contributed by atoms with Crippen molar-refractivity contribution in [3.05, 3.63) is 92.9 Å². The maximum Gasteiger partial charge on any atom is 0.273 e. The molecule has 0 atom stereocenters. The van der Waals surface area contributed by atoms with Gasteiger partial charge in [-0.2, -0.15) is 5.10 Å². The standard InChI is InChI=1S/C20H14Cl3N3O3S/c21-14-7-9-16(10-8-14)30(28,29)26-19-4-2-1-3-17(19)20(27)25-24-12-13-5-6-15(22)11-18(13)23/h1-12,26H,(H,25,27). The lowest BCUT2D eigenvalue weighted by Gasteiger charge is -2.11. The van der Waals surface area contributed by atoms with Crippen molar-refractivity contribution in [3.63, 3.8) is 0 Å². The smallest absolute Gasteiger partial charge is 0.273 e. The first-order chi connectivity index (χ1) is 14.3. The zero-order chi connectivity index (χ0) is 21.7. The Labute approximate surface area is 188 Å². The van der Waals surface area contributed by atoms with Gasteiger partial charge in [-0.05, 0) is 48.5 Å². The van der Waals surface area contributed by atoms with Crippen molar-refractivity contribution in [1.29, 1.82) is 0 Å². The highest BCUT2D eigenvalue weighted by Gasteiger charge is 2.18. The summed E-state index contributed by atoms with van der Waals surface area (Å²) in [7, 11) is -3.92. The summed E-state index contributed by atoms with van der Waals surface area (Å²) in [6.45, 7) is 0. The number of hydrogen-bond donors (Lipinski definition) is 2. The normalized spacial score (nSPS) is 11.4. The molecule has 0 spiro atoms. The van der Waals surface area contributed by atoms with Crippen molar-refractivity contribution in [2.45, 2.75) is 4.90 Å². The number of halogens is 3. The number of nitrogens with zero attached hydrogens (tertiary/aromatic N) is 1. The third-order valence-electron chi connectivity index (χ3n) is 3.87. The van der Waals surface area contributed by atoms with E-state index in [9.17, 15) is 13.2 Å². The first-order valence-electron chi connectivity index (χ1n) is 8.42. The van der Waals surface area contributed by atoms with Gasteiger partial charge >= 0.3 is 0 Å². The Kier molecular flexibility index (Phi) is 6.99. The van der Waals surface area contributed by atoms with Crippen LogP contribution in [0.2, 0.25) is 15.1 Å². The highest BCUT2D eigenvalue weighted by atomic mass is 35.5. The zero-order valence-corrected chi connectivity index (χ0v) is 18.2. The molecule has 0 unspecified atom stereocenters. The number of sulfonamides is 1. The molecule has 0 saturated carbocycles. The number of nitrogens with one attached hydrogen (secondary N) is 2. The SMILES string of the molecule is O=C(NN=Cc1ccc(Cl)cc1Cl)c1ccccc1NS(=O)(=O)c1ccc(Cl)cc1. The minimum absolute atomic E-state index is 0.0116. The molecule has 3 aromatic rings. The molecule has 3 rings (SSSR count). The van der Waals surface area contributed by atoms with Crippen LogP contribution in [-0.2, 0) is 10.0 Å². The summed E-state index contributed by atoms with van der Waals surface area (Å²) < 4.78 is 27.6. The van der Waals surface area contributed by atoms with Crippen LogP contribution in [0.4, 0.5) is 5.69 Å². The van der Waals surface area contributed by atoms with Crippen LogP contribution in [0.25, 0.3) is 0 Å². The Morgan fingerprint density at radius 2 is 1.57 bits per heavy atom. The largest absolute Gasteiger partial charge is 0.279 e. The van der Waals surface area contributed by atoms with Crippen LogP contribution in [0.5, 0.6) is 0 Å². The molecule has 0 saturated heterocycles. The summed E-state index contributed by atoms with van der Waals surface area (Å²) in [6, 6.07) is 16.7. The monoisotopic (exact) mass is 481 g/mol. The number of hydrazone groups is 1. The second-order valence-electron chi connectivity index (χ2n) is 5.97. The third kappa shape index (κ3) is 5.52. The Hall–Kier alpha value is -2.58. The van der Waals surface area contributed by atoms with Crippen LogP contribution in [0.3, 0.4) is 0 Å². The number of hydrogen-bond acceptors (Lipinski definition) is 4. The number of rotatable bonds is 6. The molecular formula is C20H14Cl3N3O3S. The molecule has 30 heavy (non-hydrogen) atoms. The van der Waals surface area contributed by atoms with Crippen LogP contribution in [0.1, 0.15) is 15.9 Å². The predicted molar refractivity (Wildman–Crippen MR) is 120 cm³/mol. The third-order valence-corrected chi connectivity index (χ3v) is 6.07. The summed E-state index contributed by atoms with van der Waals surface area (Å²) >= 11 is 17.7. The van der Waals surface area contributed by atoms with E-state index in [0.29, 0.717) is 20.6 Å². The molecular weight excluding hydrogens is 469 g/mol. The minimum Gasteiger partial charge on any atom is -0.279 e. The fourth-order valence-corrected chi connectivity index (χ4v) is 4.08. The Morgan fingerprint density at radius 1 is 0.900 bits per heavy atom. The van der Waals surface area contributed by atoms with E-state index in [0.717, 1.165) is 0 Å². The van der Waals surface area contributed by atoms with Gasteiger partial charge in [0.1, 0.15) is 0 Å². The molecule has 0 heterocycles. The summed E-state index contributed by atoms with van der Waals surface area (Å²) in [4.78, 5) is 12.5. The lowest BCUT2D eigenvalue weighted by atomic mass is 10.2. The topological polar surface area (TPSA) is 87.6 Å². The van der Waals surface area contributed by atoms with Gasteiger partial charge in [-0.1, -0.05) is 53.0 Å². The van der Waals surface area contributed by atoms with Gasteiger partial charge in [-0.25, -0.2) is 13.8 Å². The van der Waals surface area contributed by atoms with Gasteiger partial charge in [0, 0.05) is 15.6 Å². The number of carbonyl (C=O) groups excluding carboxylic acids is 1. The van der Waals surface area contributed by atoms with Gasteiger partial charge in [0.15, 0.2) is 0 Å².